The van der Waals surface area contributed by atoms with Gasteiger partial charge in [0.25, 0.3) is 0 Å². The fraction of sp³-hybridized carbons (Fsp3) is 0.133. The van der Waals surface area contributed by atoms with E-state index < -0.39 is 6.04 Å². The molecule has 3 N–H and O–H groups in total. The third-order valence-corrected chi connectivity index (χ3v) is 3.43. The SMILES string of the molecule is NC(Cc1ccccc1)C(=O)Nc1ccc(F)c(Br)c1. The Bertz CT molecular complexity index is 604. The van der Waals surface area contributed by atoms with Gasteiger partial charge in [0.2, 0.25) is 5.91 Å². The van der Waals surface area contributed by atoms with Gasteiger partial charge in [0.1, 0.15) is 5.82 Å². The number of hydrogen-bond acceptors (Lipinski definition) is 2. The molecule has 1 amide bonds. The van der Waals surface area contributed by atoms with E-state index in [1.165, 1.54) is 18.2 Å². The van der Waals surface area contributed by atoms with Crippen LogP contribution < -0.4 is 11.1 Å². The average Bonchev–Trinajstić information content (AvgIpc) is 2.44. The van der Waals surface area contributed by atoms with Crippen LogP contribution in [0, 0.1) is 5.82 Å². The van der Waals surface area contributed by atoms with Crippen molar-refractivity contribution >= 4 is 27.5 Å². The molecule has 0 saturated heterocycles. The van der Waals surface area contributed by atoms with Gasteiger partial charge in [-0.15, -0.1) is 0 Å². The first kappa shape index (κ1) is 14.7. The van der Waals surface area contributed by atoms with Gasteiger partial charge < -0.3 is 11.1 Å². The molecule has 2 rings (SSSR count). The predicted molar refractivity (Wildman–Crippen MR) is 80.9 cm³/mol. The normalized spacial score (nSPS) is 11.9. The molecule has 0 spiro atoms. The molecule has 0 aromatic heterocycles. The van der Waals surface area contributed by atoms with Crippen LogP contribution in [-0.4, -0.2) is 11.9 Å². The molecule has 0 heterocycles. The summed E-state index contributed by atoms with van der Waals surface area (Å²) in [6.07, 6.45) is 0.453. The van der Waals surface area contributed by atoms with Gasteiger partial charge in [-0.25, -0.2) is 4.39 Å². The zero-order chi connectivity index (χ0) is 14.5. The fourth-order valence-corrected chi connectivity index (χ4v) is 2.15. The maximum atomic E-state index is 13.1. The zero-order valence-corrected chi connectivity index (χ0v) is 12.2. The number of carbonyl (C=O) groups excluding carboxylic acids is 1. The summed E-state index contributed by atoms with van der Waals surface area (Å²) >= 11 is 3.07. The molecule has 0 aliphatic rings. The van der Waals surface area contributed by atoms with Crippen molar-refractivity contribution in [3.8, 4) is 0 Å². The molecule has 0 aliphatic carbocycles. The summed E-state index contributed by atoms with van der Waals surface area (Å²) < 4.78 is 13.4. The van der Waals surface area contributed by atoms with Crippen molar-refractivity contribution in [1.82, 2.24) is 0 Å². The number of anilines is 1. The third kappa shape index (κ3) is 3.88. The zero-order valence-electron chi connectivity index (χ0n) is 10.6. The van der Waals surface area contributed by atoms with Crippen LogP contribution in [0.25, 0.3) is 0 Å². The average molecular weight is 337 g/mol. The van der Waals surface area contributed by atoms with E-state index in [2.05, 4.69) is 21.2 Å². The summed E-state index contributed by atoms with van der Waals surface area (Å²) in [7, 11) is 0. The van der Waals surface area contributed by atoms with Gasteiger partial charge in [-0.3, -0.25) is 4.79 Å². The van der Waals surface area contributed by atoms with E-state index in [0.717, 1.165) is 5.56 Å². The number of benzene rings is 2. The number of nitrogens with one attached hydrogen (secondary N) is 1. The van der Waals surface area contributed by atoms with E-state index in [0.29, 0.717) is 16.6 Å². The highest BCUT2D eigenvalue weighted by Crippen LogP contribution is 2.20. The Balaban J connectivity index is 1.99. The second kappa shape index (κ2) is 6.63. The molecule has 0 bridgehead atoms. The van der Waals surface area contributed by atoms with Gasteiger partial charge in [-0.2, -0.15) is 0 Å². The molecule has 104 valence electrons. The number of rotatable bonds is 4. The topological polar surface area (TPSA) is 55.1 Å². The van der Waals surface area contributed by atoms with Crippen LogP contribution in [0.1, 0.15) is 5.56 Å². The molecule has 5 heteroatoms. The second-order valence-corrected chi connectivity index (χ2v) is 5.27. The monoisotopic (exact) mass is 336 g/mol. The molecule has 2 aromatic carbocycles. The van der Waals surface area contributed by atoms with Gasteiger partial charge in [-0.1, -0.05) is 30.3 Å². The lowest BCUT2D eigenvalue weighted by molar-refractivity contribution is -0.117. The Morgan fingerprint density at radius 3 is 2.60 bits per heavy atom. The quantitative estimate of drug-likeness (QED) is 0.901. The predicted octanol–water partition coefficient (Wildman–Crippen LogP) is 3.10. The first-order chi connectivity index (χ1) is 9.56. The Hall–Kier alpha value is -1.72. The van der Waals surface area contributed by atoms with E-state index >= 15 is 0 Å². The first-order valence-electron chi connectivity index (χ1n) is 6.11. The minimum absolute atomic E-state index is 0.298. The van der Waals surface area contributed by atoms with Crippen molar-refractivity contribution < 1.29 is 9.18 Å². The molecule has 1 unspecified atom stereocenters. The van der Waals surface area contributed by atoms with E-state index in [-0.39, 0.29) is 11.7 Å². The number of halogens is 2. The third-order valence-electron chi connectivity index (χ3n) is 2.82. The standard InChI is InChI=1S/C15H14BrFN2O/c16-12-9-11(6-7-13(12)17)19-15(20)14(18)8-10-4-2-1-3-5-10/h1-7,9,14H,8,18H2,(H,19,20). The van der Waals surface area contributed by atoms with E-state index in [1.807, 2.05) is 30.3 Å². The summed E-state index contributed by atoms with van der Waals surface area (Å²) in [6.45, 7) is 0. The molecular formula is C15H14BrFN2O. The lowest BCUT2D eigenvalue weighted by atomic mass is 10.1. The van der Waals surface area contributed by atoms with Crippen LogP contribution in [0.2, 0.25) is 0 Å². The van der Waals surface area contributed by atoms with Gasteiger partial charge in [0, 0.05) is 5.69 Å². The molecule has 2 aromatic rings. The number of hydrogen-bond donors (Lipinski definition) is 2. The number of amides is 1. The summed E-state index contributed by atoms with van der Waals surface area (Å²) in [5.41, 5.74) is 7.37. The molecule has 0 aliphatic heterocycles. The van der Waals surface area contributed by atoms with Crippen LogP contribution in [0.15, 0.2) is 53.0 Å². The van der Waals surface area contributed by atoms with Crippen molar-refractivity contribution in [2.75, 3.05) is 5.32 Å². The van der Waals surface area contributed by atoms with E-state index in [1.54, 1.807) is 0 Å². The summed E-state index contributed by atoms with van der Waals surface area (Å²) in [4.78, 5) is 12.0. The highest BCUT2D eigenvalue weighted by atomic mass is 79.9. The Labute approximate surface area is 125 Å². The minimum Gasteiger partial charge on any atom is -0.325 e. The van der Waals surface area contributed by atoms with Gasteiger partial charge >= 0.3 is 0 Å². The number of carbonyl (C=O) groups is 1. The van der Waals surface area contributed by atoms with E-state index in [9.17, 15) is 9.18 Å². The smallest absolute Gasteiger partial charge is 0.241 e. The van der Waals surface area contributed by atoms with Gasteiger partial charge in [-0.05, 0) is 46.1 Å². The molecule has 0 fully saturated rings. The molecule has 20 heavy (non-hydrogen) atoms. The lowest BCUT2D eigenvalue weighted by Crippen LogP contribution is -2.37. The first-order valence-corrected chi connectivity index (χ1v) is 6.91. The number of nitrogens with two attached hydrogens (primary N) is 1. The summed E-state index contributed by atoms with van der Waals surface area (Å²) in [5.74, 6) is -0.677. The Morgan fingerprint density at radius 2 is 1.95 bits per heavy atom. The lowest BCUT2D eigenvalue weighted by Gasteiger charge is -2.12. The van der Waals surface area contributed by atoms with Crippen molar-refractivity contribution in [3.05, 3.63) is 64.4 Å². The second-order valence-electron chi connectivity index (χ2n) is 4.41. The van der Waals surface area contributed by atoms with Crippen LogP contribution in [0.3, 0.4) is 0 Å². The highest BCUT2D eigenvalue weighted by Gasteiger charge is 2.14. The fourth-order valence-electron chi connectivity index (χ4n) is 1.77. The van der Waals surface area contributed by atoms with Crippen molar-refractivity contribution in [2.45, 2.75) is 12.5 Å². The highest BCUT2D eigenvalue weighted by molar-refractivity contribution is 9.10. The maximum Gasteiger partial charge on any atom is 0.241 e. The summed E-state index contributed by atoms with van der Waals surface area (Å²) in [5, 5.41) is 2.67. The van der Waals surface area contributed by atoms with Crippen LogP contribution in [0.4, 0.5) is 10.1 Å². The van der Waals surface area contributed by atoms with Crippen molar-refractivity contribution in [3.63, 3.8) is 0 Å². The van der Waals surface area contributed by atoms with Gasteiger partial charge in [0.05, 0.1) is 10.5 Å². The minimum atomic E-state index is -0.652. The molecule has 0 saturated carbocycles. The Morgan fingerprint density at radius 1 is 1.25 bits per heavy atom. The molecule has 3 nitrogen and oxygen atoms in total. The molecule has 0 radical (unpaired) electrons. The van der Waals surface area contributed by atoms with Crippen LogP contribution in [-0.2, 0) is 11.2 Å². The van der Waals surface area contributed by atoms with Gasteiger partial charge in [0.15, 0.2) is 0 Å². The van der Waals surface area contributed by atoms with Crippen LogP contribution >= 0.6 is 15.9 Å². The van der Waals surface area contributed by atoms with E-state index in [4.69, 9.17) is 5.73 Å². The Kier molecular flexibility index (Phi) is 4.87. The largest absolute Gasteiger partial charge is 0.325 e. The van der Waals surface area contributed by atoms with Crippen LogP contribution in [0.5, 0.6) is 0 Å². The van der Waals surface area contributed by atoms with Crippen molar-refractivity contribution in [2.24, 2.45) is 5.73 Å². The van der Waals surface area contributed by atoms with Crippen molar-refractivity contribution in [1.29, 1.82) is 0 Å². The summed E-state index contributed by atoms with van der Waals surface area (Å²) in [6, 6.07) is 13.2. The maximum absolute atomic E-state index is 13.1. The molecule has 1 atom stereocenters. The molecular weight excluding hydrogens is 323 g/mol.